The van der Waals surface area contributed by atoms with E-state index in [0.29, 0.717) is 0 Å². The lowest BCUT2D eigenvalue weighted by Gasteiger charge is -2.08. The van der Waals surface area contributed by atoms with E-state index in [0.717, 1.165) is 10.4 Å². The van der Waals surface area contributed by atoms with Gasteiger partial charge in [-0.1, -0.05) is 17.7 Å². The number of aromatic nitrogens is 2. The van der Waals surface area contributed by atoms with Gasteiger partial charge in [-0.15, -0.1) is 0 Å². The van der Waals surface area contributed by atoms with Gasteiger partial charge >= 0.3 is 0 Å². The van der Waals surface area contributed by atoms with E-state index in [1.54, 1.807) is 0 Å². The number of rotatable bonds is 1. The summed E-state index contributed by atoms with van der Waals surface area (Å²) in [5.74, 6) is 0. The Morgan fingerprint density at radius 3 is 2.20 bits per heavy atom. The predicted octanol–water partition coefficient (Wildman–Crippen LogP) is 3.76. The average molecular weight is 265 g/mol. The first kappa shape index (κ1) is 10.4. The first-order chi connectivity index (χ1) is 7.08. The lowest BCUT2D eigenvalue weighted by molar-refractivity contribution is 1.23. The molecule has 0 amide bonds. The van der Waals surface area contributed by atoms with E-state index in [1.807, 2.05) is 6.20 Å². The molecule has 1 aromatic carbocycles. The standard InChI is InChI=1S/C12H13BrN2/c1-7-4-8(2)11(9(3)5-7)10-6-14-12(13)15-10/h4-6H,1-3H3,(H,14,15). The van der Waals surface area contributed by atoms with Crippen LogP contribution in [-0.2, 0) is 0 Å². The fourth-order valence-corrected chi connectivity index (χ4v) is 2.34. The van der Waals surface area contributed by atoms with Gasteiger partial charge in [0.25, 0.3) is 0 Å². The fourth-order valence-electron chi connectivity index (χ4n) is 2.03. The highest BCUT2D eigenvalue weighted by Crippen LogP contribution is 2.27. The quantitative estimate of drug-likeness (QED) is 0.835. The van der Waals surface area contributed by atoms with E-state index in [2.05, 4.69) is 58.8 Å². The first-order valence-electron chi connectivity index (χ1n) is 4.86. The monoisotopic (exact) mass is 264 g/mol. The zero-order valence-corrected chi connectivity index (χ0v) is 10.6. The number of imidazole rings is 1. The number of aryl methyl sites for hydroxylation is 3. The van der Waals surface area contributed by atoms with Gasteiger partial charge in [0.2, 0.25) is 0 Å². The topological polar surface area (TPSA) is 28.7 Å². The number of H-pyrrole nitrogens is 1. The van der Waals surface area contributed by atoms with Gasteiger partial charge in [-0.3, -0.25) is 0 Å². The Balaban J connectivity index is 2.62. The molecule has 0 unspecified atom stereocenters. The third-order valence-electron chi connectivity index (χ3n) is 2.49. The Morgan fingerprint density at radius 1 is 1.13 bits per heavy atom. The highest BCUT2D eigenvalue weighted by Gasteiger charge is 2.08. The van der Waals surface area contributed by atoms with Crippen molar-refractivity contribution >= 4 is 15.9 Å². The Kier molecular flexibility index (Phi) is 2.65. The van der Waals surface area contributed by atoms with Crippen molar-refractivity contribution < 1.29 is 0 Å². The highest BCUT2D eigenvalue weighted by molar-refractivity contribution is 9.10. The maximum Gasteiger partial charge on any atom is 0.174 e. The van der Waals surface area contributed by atoms with E-state index in [1.165, 1.54) is 22.3 Å². The molecule has 0 saturated heterocycles. The third kappa shape index (κ3) is 1.97. The molecule has 0 aliphatic carbocycles. The molecule has 0 bridgehead atoms. The summed E-state index contributed by atoms with van der Waals surface area (Å²) in [6, 6.07) is 4.38. The number of aromatic amines is 1. The molecule has 1 N–H and O–H groups in total. The molecule has 0 spiro atoms. The number of hydrogen-bond donors (Lipinski definition) is 1. The highest BCUT2D eigenvalue weighted by atomic mass is 79.9. The van der Waals surface area contributed by atoms with Crippen LogP contribution in [0.3, 0.4) is 0 Å². The zero-order chi connectivity index (χ0) is 11.0. The molecule has 2 nitrogen and oxygen atoms in total. The van der Waals surface area contributed by atoms with Crippen molar-refractivity contribution in [3.05, 3.63) is 39.8 Å². The van der Waals surface area contributed by atoms with Crippen LogP contribution >= 0.6 is 15.9 Å². The van der Waals surface area contributed by atoms with Gasteiger partial charge < -0.3 is 4.98 Å². The largest absolute Gasteiger partial charge is 0.333 e. The van der Waals surface area contributed by atoms with Crippen LogP contribution in [0.4, 0.5) is 0 Å². The summed E-state index contributed by atoms with van der Waals surface area (Å²) >= 11 is 3.33. The van der Waals surface area contributed by atoms with Gasteiger partial charge in [0.15, 0.2) is 4.73 Å². The minimum absolute atomic E-state index is 0.775. The molecule has 0 saturated carbocycles. The van der Waals surface area contributed by atoms with Crippen LogP contribution in [0.1, 0.15) is 16.7 Å². The summed E-state index contributed by atoms with van der Waals surface area (Å²) in [7, 11) is 0. The fraction of sp³-hybridized carbons (Fsp3) is 0.250. The molecule has 15 heavy (non-hydrogen) atoms. The first-order valence-corrected chi connectivity index (χ1v) is 5.66. The van der Waals surface area contributed by atoms with E-state index < -0.39 is 0 Å². The Morgan fingerprint density at radius 2 is 1.73 bits per heavy atom. The van der Waals surface area contributed by atoms with Crippen molar-refractivity contribution in [2.24, 2.45) is 0 Å². The maximum absolute atomic E-state index is 4.16. The van der Waals surface area contributed by atoms with Gasteiger partial charge in [0, 0.05) is 5.56 Å². The zero-order valence-electron chi connectivity index (χ0n) is 9.06. The van der Waals surface area contributed by atoms with E-state index in [9.17, 15) is 0 Å². The number of nitrogens with zero attached hydrogens (tertiary/aromatic N) is 1. The van der Waals surface area contributed by atoms with E-state index in [4.69, 9.17) is 0 Å². The molecule has 2 aromatic rings. The molecule has 0 aliphatic heterocycles. The molecule has 0 radical (unpaired) electrons. The van der Waals surface area contributed by atoms with Crippen LogP contribution in [0.25, 0.3) is 11.3 Å². The summed E-state index contributed by atoms with van der Waals surface area (Å²) in [5.41, 5.74) is 6.18. The van der Waals surface area contributed by atoms with E-state index in [-0.39, 0.29) is 0 Å². The second kappa shape index (κ2) is 3.81. The summed E-state index contributed by atoms with van der Waals surface area (Å²) in [6.07, 6.45) is 1.86. The van der Waals surface area contributed by atoms with Crippen LogP contribution in [0, 0.1) is 20.8 Å². The Hall–Kier alpha value is -1.09. The molecule has 3 heteroatoms. The SMILES string of the molecule is Cc1cc(C)c(-c2cnc(Br)[nH]2)c(C)c1. The molecule has 0 fully saturated rings. The molecule has 78 valence electrons. The predicted molar refractivity (Wildman–Crippen MR) is 65.9 cm³/mol. The smallest absolute Gasteiger partial charge is 0.174 e. The maximum atomic E-state index is 4.16. The molecule has 0 atom stereocenters. The summed E-state index contributed by atoms with van der Waals surface area (Å²) in [6.45, 7) is 6.38. The molecular formula is C12H13BrN2. The second-order valence-electron chi connectivity index (χ2n) is 3.86. The summed E-state index contributed by atoms with van der Waals surface area (Å²) in [5, 5.41) is 0. The van der Waals surface area contributed by atoms with Crippen molar-refractivity contribution in [3.8, 4) is 11.3 Å². The van der Waals surface area contributed by atoms with Crippen LogP contribution in [0.15, 0.2) is 23.1 Å². The lowest BCUT2D eigenvalue weighted by atomic mass is 9.98. The Bertz CT molecular complexity index is 477. The van der Waals surface area contributed by atoms with Crippen LogP contribution in [0.5, 0.6) is 0 Å². The third-order valence-corrected chi connectivity index (χ3v) is 2.89. The van der Waals surface area contributed by atoms with E-state index >= 15 is 0 Å². The van der Waals surface area contributed by atoms with Gasteiger partial charge in [0.1, 0.15) is 0 Å². The minimum Gasteiger partial charge on any atom is -0.333 e. The van der Waals surface area contributed by atoms with Crippen LogP contribution < -0.4 is 0 Å². The Labute approximate surface area is 97.9 Å². The second-order valence-corrected chi connectivity index (χ2v) is 4.61. The van der Waals surface area contributed by atoms with Crippen molar-refractivity contribution in [3.63, 3.8) is 0 Å². The average Bonchev–Trinajstić information content (AvgIpc) is 2.49. The molecule has 1 aromatic heterocycles. The normalized spacial score (nSPS) is 10.7. The minimum atomic E-state index is 0.775. The van der Waals surface area contributed by atoms with Crippen LogP contribution in [-0.4, -0.2) is 9.97 Å². The molecule has 0 aliphatic rings. The number of nitrogens with one attached hydrogen (secondary N) is 1. The van der Waals surface area contributed by atoms with Crippen molar-refractivity contribution in [1.82, 2.24) is 9.97 Å². The van der Waals surface area contributed by atoms with Gasteiger partial charge in [-0.2, -0.15) is 0 Å². The lowest BCUT2D eigenvalue weighted by Crippen LogP contribution is -1.89. The molecular weight excluding hydrogens is 252 g/mol. The van der Waals surface area contributed by atoms with Crippen molar-refractivity contribution in [1.29, 1.82) is 0 Å². The number of benzene rings is 1. The van der Waals surface area contributed by atoms with Crippen molar-refractivity contribution in [2.75, 3.05) is 0 Å². The van der Waals surface area contributed by atoms with Crippen LogP contribution in [0.2, 0.25) is 0 Å². The molecule has 2 rings (SSSR count). The summed E-state index contributed by atoms with van der Waals surface area (Å²) in [4.78, 5) is 7.36. The summed E-state index contributed by atoms with van der Waals surface area (Å²) < 4.78 is 0.775. The van der Waals surface area contributed by atoms with Gasteiger partial charge in [-0.25, -0.2) is 4.98 Å². The number of hydrogen-bond acceptors (Lipinski definition) is 1. The molecule has 1 heterocycles. The van der Waals surface area contributed by atoms with Crippen molar-refractivity contribution in [2.45, 2.75) is 20.8 Å². The van der Waals surface area contributed by atoms with Gasteiger partial charge in [0.05, 0.1) is 11.9 Å². The van der Waals surface area contributed by atoms with Gasteiger partial charge in [-0.05, 0) is 47.8 Å². The number of halogens is 1.